The quantitative estimate of drug-likeness (QED) is 0.395. The molecule has 1 saturated heterocycles. The largest absolute Gasteiger partial charge is 0.298 e. The second kappa shape index (κ2) is 7.14. The molecular weight excluding hydrogens is 336 g/mol. The van der Waals surface area contributed by atoms with Crippen molar-refractivity contribution in [2.45, 2.75) is 0 Å². The predicted molar refractivity (Wildman–Crippen MR) is 98.1 cm³/mol. The summed E-state index contributed by atoms with van der Waals surface area (Å²) in [5.41, 5.74) is 2.39. The molecule has 1 fully saturated rings. The summed E-state index contributed by atoms with van der Waals surface area (Å²) in [5.74, 6) is -0.944. The van der Waals surface area contributed by atoms with Crippen molar-refractivity contribution in [1.82, 2.24) is 20.2 Å². The molecule has 2 aromatic rings. The molecule has 0 aliphatic carbocycles. The van der Waals surface area contributed by atoms with Gasteiger partial charge in [0.2, 0.25) is 0 Å². The highest BCUT2D eigenvalue weighted by Gasteiger charge is 2.32. The Kier molecular flexibility index (Phi) is 4.76. The van der Waals surface area contributed by atoms with Crippen LogP contribution >= 0.6 is 12.2 Å². The molecule has 1 aliphatic rings. The van der Waals surface area contributed by atoms with E-state index in [1.165, 1.54) is 11.0 Å². The van der Waals surface area contributed by atoms with Crippen LogP contribution in [0.15, 0.2) is 61.1 Å². The van der Waals surface area contributed by atoms with Gasteiger partial charge in [-0.05, 0) is 23.9 Å². The Balaban J connectivity index is 1.88. The number of hydrogen-bond donors (Lipinski definition) is 1. The molecule has 1 aromatic heterocycles. The number of amides is 2. The number of hydrogen-bond acceptors (Lipinski definition) is 5. The van der Waals surface area contributed by atoms with Crippen LogP contribution in [0.4, 0.5) is 0 Å². The highest BCUT2D eigenvalue weighted by Crippen LogP contribution is 2.19. The first-order valence-electron chi connectivity index (χ1n) is 7.46. The van der Waals surface area contributed by atoms with Gasteiger partial charge < -0.3 is 0 Å². The average Bonchev–Trinajstić information content (AvgIpc) is 2.63. The Morgan fingerprint density at radius 3 is 2.60 bits per heavy atom. The number of nitrogens with zero attached hydrogens (tertiary/aromatic N) is 3. The maximum absolute atomic E-state index is 12.5. The average molecular weight is 350 g/mol. The second-order valence-electron chi connectivity index (χ2n) is 5.23. The van der Waals surface area contributed by atoms with E-state index in [1.54, 1.807) is 24.7 Å². The molecule has 0 saturated carbocycles. The van der Waals surface area contributed by atoms with Gasteiger partial charge in [0.1, 0.15) is 5.57 Å². The number of carbonyl (C=O) groups excluding carboxylic acids is 2. The first kappa shape index (κ1) is 16.7. The molecule has 1 aromatic carbocycles. The number of rotatable bonds is 4. The van der Waals surface area contributed by atoms with Gasteiger partial charge in [-0.25, -0.2) is 0 Å². The van der Waals surface area contributed by atoms with Gasteiger partial charge in [0.15, 0.2) is 5.11 Å². The van der Waals surface area contributed by atoms with E-state index in [-0.39, 0.29) is 17.2 Å². The second-order valence-corrected chi connectivity index (χ2v) is 5.62. The smallest absolute Gasteiger partial charge is 0.265 e. The Bertz CT molecular complexity index is 876. The van der Waals surface area contributed by atoms with Crippen molar-refractivity contribution in [3.8, 4) is 11.3 Å². The summed E-state index contributed by atoms with van der Waals surface area (Å²) in [5, 5.41) is 2.60. The van der Waals surface area contributed by atoms with Gasteiger partial charge in [0.05, 0.1) is 11.9 Å². The molecule has 3 rings (SSSR count). The fourth-order valence-electron chi connectivity index (χ4n) is 2.35. The van der Waals surface area contributed by atoms with E-state index in [9.17, 15) is 9.59 Å². The maximum Gasteiger partial charge on any atom is 0.265 e. The van der Waals surface area contributed by atoms with Crippen molar-refractivity contribution >= 4 is 35.2 Å². The van der Waals surface area contributed by atoms with Crippen LogP contribution in [0.5, 0.6) is 0 Å². The zero-order valence-corrected chi connectivity index (χ0v) is 14.0. The molecule has 124 valence electrons. The molecule has 0 atom stereocenters. The summed E-state index contributed by atoms with van der Waals surface area (Å²) in [6.45, 7) is 3.83. The normalized spacial score (nSPS) is 16.1. The summed E-state index contributed by atoms with van der Waals surface area (Å²) in [7, 11) is 0. The monoisotopic (exact) mass is 350 g/mol. The molecule has 6 nitrogen and oxygen atoms in total. The van der Waals surface area contributed by atoms with Crippen molar-refractivity contribution in [3.05, 3.63) is 66.6 Å². The lowest BCUT2D eigenvalue weighted by Gasteiger charge is -2.27. The zero-order chi connectivity index (χ0) is 17.8. The lowest BCUT2D eigenvalue weighted by Crippen LogP contribution is -2.53. The number of carbonyl (C=O) groups is 2. The summed E-state index contributed by atoms with van der Waals surface area (Å²) in [4.78, 5) is 34.1. The van der Waals surface area contributed by atoms with Crippen molar-refractivity contribution in [2.24, 2.45) is 0 Å². The third-order valence-electron chi connectivity index (χ3n) is 3.58. The minimum Gasteiger partial charge on any atom is -0.298 e. The van der Waals surface area contributed by atoms with Crippen molar-refractivity contribution in [3.63, 3.8) is 0 Å². The van der Waals surface area contributed by atoms with E-state index >= 15 is 0 Å². The molecule has 0 spiro atoms. The van der Waals surface area contributed by atoms with Crippen LogP contribution < -0.4 is 5.32 Å². The lowest BCUT2D eigenvalue weighted by atomic mass is 10.0. The Labute approximate surface area is 149 Å². The van der Waals surface area contributed by atoms with E-state index in [4.69, 9.17) is 12.2 Å². The summed E-state index contributed by atoms with van der Waals surface area (Å²) < 4.78 is 0. The molecule has 2 heterocycles. The molecular formula is C18H14N4O2S. The number of benzene rings is 1. The van der Waals surface area contributed by atoms with E-state index in [2.05, 4.69) is 21.9 Å². The van der Waals surface area contributed by atoms with E-state index in [0.717, 1.165) is 16.8 Å². The molecule has 25 heavy (non-hydrogen) atoms. The molecule has 2 amide bonds. The molecule has 0 radical (unpaired) electrons. The molecule has 1 N–H and O–H groups in total. The van der Waals surface area contributed by atoms with Gasteiger partial charge in [-0.3, -0.25) is 29.8 Å². The standard InChI is InChI=1S/C18H14N4O2S/c1-2-9-22-17(24)14(16(23)21-18(22)25)10-12-3-5-13(6-4-12)15-11-19-7-8-20-15/h2-8,10-11H,1,9H2,(H,21,23,25)/b14-10+. The van der Waals surface area contributed by atoms with Gasteiger partial charge in [-0.15, -0.1) is 6.58 Å². The molecule has 1 aliphatic heterocycles. The first-order valence-corrected chi connectivity index (χ1v) is 7.87. The lowest BCUT2D eigenvalue weighted by molar-refractivity contribution is -0.128. The van der Waals surface area contributed by atoms with Gasteiger partial charge in [0, 0.05) is 24.5 Å². The molecule has 7 heteroatoms. The Morgan fingerprint density at radius 2 is 1.96 bits per heavy atom. The fourth-order valence-corrected chi connectivity index (χ4v) is 2.60. The van der Waals surface area contributed by atoms with E-state index in [0.29, 0.717) is 0 Å². The molecule has 0 unspecified atom stereocenters. The first-order chi connectivity index (χ1) is 12.1. The zero-order valence-electron chi connectivity index (χ0n) is 13.2. The van der Waals surface area contributed by atoms with Crippen molar-refractivity contribution in [1.29, 1.82) is 0 Å². The number of aromatic nitrogens is 2. The number of thiocarbonyl (C=S) groups is 1. The minimum absolute atomic E-state index is 0.0303. The van der Waals surface area contributed by atoms with Crippen molar-refractivity contribution in [2.75, 3.05) is 6.54 Å². The van der Waals surface area contributed by atoms with Gasteiger partial charge in [-0.2, -0.15) is 0 Å². The summed E-state index contributed by atoms with van der Waals surface area (Å²) >= 11 is 5.02. The van der Waals surface area contributed by atoms with Gasteiger partial charge in [0.25, 0.3) is 11.8 Å². The van der Waals surface area contributed by atoms with Crippen LogP contribution in [0.2, 0.25) is 0 Å². The van der Waals surface area contributed by atoms with Gasteiger partial charge >= 0.3 is 0 Å². The van der Waals surface area contributed by atoms with E-state index < -0.39 is 11.8 Å². The molecule has 0 bridgehead atoms. The minimum atomic E-state index is -0.506. The third-order valence-corrected chi connectivity index (χ3v) is 3.90. The van der Waals surface area contributed by atoms with Crippen LogP contribution in [-0.4, -0.2) is 38.3 Å². The van der Waals surface area contributed by atoms with Crippen LogP contribution in [0.25, 0.3) is 17.3 Å². The fraction of sp³-hybridized carbons (Fsp3) is 0.0556. The Morgan fingerprint density at radius 1 is 1.20 bits per heavy atom. The van der Waals surface area contributed by atoms with Crippen molar-refractivity contribution < 1.29 is 9.59 Å². The highest BCUT2D eigenvalue weighted by molar-refractivity contribution is 7.80. The van der Waals surface area contributed by atoms with Crippen LogP contribution in [-0.2, 0) is 9.59 Å². The summed E-state index contributed by atoms with van der Waals surface area (Å²) in [6, 6.07) is 7.33. The van der Waals surface area contributed by atoms with Crippen LogP contribution in [0.3, 0.4) is 0 Å². The summed E-state index contributed by atoms with van der Waals surface area (Å²) in [6.07, 6.45) is 7.98. The maximum atomic E-state index is 12.5. The highest BCUT2D eigenvalue weighted by atomic mass is 32.1. The van der Waals surface area contributed by atoms with Gasteiger partial charge in [-0.1, -0.05) is 30.3 Å². The SMILES string of the molecule is C=CCN1C(=O)/C(=C/c2ccc(-c3cnccn3)cc2)C(=O)NC1=S. The van der Waals surface area contributed by atoms with Crippen LogP contribution in [0.1, 0.15) is 5.56 Å². The third kappa shape index (κ3) is 3.51. The number of nitrogens with one attached hydrogen (secondary N) is 1. The Hall–Kier alpha value is -3.19. The van der Waals surface area contributed by atoms with Crippen LogP contribution in [0, 0.1) is 0 Å². The van der Waals surface area contributed by atoms with E-state index in [1.807, 2.05) is 24.3 Å². The topological polar surface area (TPSA) is 75.2 Å². The predicted octanol–water partition coefficient (Wildman–Crippen LogP) is 1.96.